The van der Waals surface area contributed by atoms with Crippen LogP contribution in [0.2, 0.25) is 0 Å². The van der Waals surface area contributed by atoms with Crippen molar-refractivity contribution in [2.24, 2.45) is 10.2 Å². The number of nitrogens with two attached hydrogens (primary N) is 1. The van der Waals surface area contributed by atoms with Crippen LogP contribution in [0.3, 0.4) is 0 Å². The van der Waals surface area contributed by atoms with Crippen LogP contribution in [0.1, 0.15) is 0 Å². The Labute approximate surface area is 143 Å². The van der Waals surface area contributed by atoms with Crippen molar-refractivity contribution in [1.82, 2.24) is 4.90 Å². The molecular weight excluding hydrogens is 300 g/mol. The molecule has 24 heavy (non-hydrogen) atoms. The number of rotatable bonds is 7. The molecule has 0 unspecified atom stereocenters. The molecule has 2 aromatic rings. The van der Waals surface area contributed by atoms with Crippen molar-refractivity contribution >= 4 is 29.1 Å². The summed E-state index contributed by atoms with van der Waals surface area (Å²) in [4.78, 5) is 2.13. The van der Waals surface area contributed by atoms with Crippen LogP contribution in [-0.4, -0.2) is 50.0 Å². The molecule has 6 nitrogen and oxygen atoms in total. The Morgan fingerprint density at radius 3 is 2.21 bits per heavy atom. The van der Waals surface area contributed by atoms with Crippen LogP contribution in [0, 0.1) is 0 Å². The highest BCUT2D eigenvalue weighted by Crippen LogP contribution is 2.21. The maximum absolute atomic E-state index is 5.68. The molecular formula is C18H25N6+. The van der Waals surface area contributed by atoms with Gasteiger partial charge in [0.2, 0.25) is 0 Å². The van der Waals surface area contributed by atoms with E-state index in [1.807, 2.05) is 60.2 Å². The second-order valence-corrected chi connectivity index (χ2v) is 5.91. The highest BCUT2D eigenvalue weighted by atomic mass is 15.2. The zero-order chi connectivity index (χ0) is 17.4. The van der Waals surface area contributed by atoms with Crippen LogP contribution in [0.4, 0.5) is 22.7 Å². The molecule has 0 amide bonds. The molecule has 0 bridgehead atoms. The lowest BCUT2D eigenvalue weighted by molar-refractivity contribution is -0.493. The Kier molecular flexibility index (Phi) is 6.45. The second kappa shape index (κ2) is 8.79. The van der Waals surface area contributed by atoms with Crippen LogP contribution in [-0.2, 0) is 0 Å². The SMILES string of the molecule is CN(C)CC[N+](C)=CN=Nc1ccc(Nc2ccc(N)cc2)cc1. The molecule has 2 aromatic carbocycles. The van der Waals surface area contributed by atoms with Crippen molar-refractivity contribution < 1.29 is 4.58 Å². The van der Waals surface area contributed by atoms with E-state index in [2.05, 4.69) is 34.5 Å². The van der Waals surface area contributed by atoms with Gasteiger partial charge in [0.15, 0.2) is 0 Å². The molecule has 0 heterocycles. The number of anilines is 3. The van der Waals surface area contributed by atoms with Crippen molar-refractivity contribution in [3.05, 3.63) is 48.5 Å². The summed E-state index contributed by atoms with van der Waals surface area (Å²) in [5, 5.41) is 11.6. The highest BCUT2D eigenvalue weighted by molar-refractivity contribution is 5.63. The first-order chi connectivity index (χ1) is 11.5. The summed E-state index contributed by atoms with van der Waals surface area (Å²) in [6.45, 7) is 1.89. The van der Waals surface area contributed by atoms with Gasteiger partial charge in [-0.2, -0.15) is 0 Å². The monoisotopic (exact) mass is 325 g/mol. The number of azo groups is 1. The molecule has 0 radical (unpaired) electrons. The maximum Gasteiger partial charge on any atom is 0.309 e. The van der Waals surface area contributed by atoms with E-state index >= 15 is 0 Å². The molecule has 0 atom stereocenters. The Hall–Kier alpha value is -2.73. The van der Waals surface area contributed by atoms with Gasteiger partial charge in [-0.05, 0) is 67.7 Å². The topological polar surface area (TPSA) is 69.0 Å². The zero-order valence-electron chi connectivity index (χ0n) is 14.5. The molecule has 0 aromatic heterocycles. The van der Waals surface area contributed by atoms with Crippen LogP contribution in [0.5, 0.6) is 0 Å². The summed E-state index contributed by atoms with van der Waals surface area (Å²) in [5.74, 6) is 0. The van der Waals surface area contributed by atoms with E-state index in [4.69, 9.17) is 5.73 Å². The first kappa shape index (κ1) is 17.6. The van der Waals surface area contributed by atoms with E-state index in [9.17, 15) is 0 Å². The molecule has 126 valence electrons. The Balaban J connectivity index is 1.90. The molecule has 3 N–H and O–H groups in total. The standard InChI is InChI=1S/C18H24N6/c1-23(2)12-13-24(3)14-20-22-18-10-8-17(9-11-18)21-16-6-4-15(19)5-7-16/h4-11,14H,12-13H2,1-3H3,(H2,19,22)/p+1. The zero-order valence-corrected chi connectivity index (χ0v) is 14.5. The van der Waals surface area contributed by atoms with Crippen molar-refractivity contribution in [3.63, 3.8) is 0 Å². The van der Waals surface area contributed by atoms with Gasteiger partial charge in [-0.15, -0.1) is 0 Å². The van der Waals surface area contributed by atoms with E-state index < -0.39 is 0 Å². The predicted octanol–water partition coefficient (Wildman–Crippen LogP) is 3.33. The van der Waals surface area contributed by atoms with Crippen LogP contribution >= 0.6 is 0 Å². The van der Waals surface area contributed by atoms with E-state index in [1.54, 1.807) is 6.34 Å². The minimum Gasteiger partial charge on any atom is -0.399 e. The fraction of sp³-hybridized carbons (Fsp3) is 0.278. The number of likely N-dealkylation sites (N-methyl/N-ethyl adjacent to an activating group) is 2. The summed E-state index contributed by atoms with van der Waals surface area (Å²) in [5.41, 5.74) is 9.24. The molecule has 0 saturated heterocycles. The third kappa shape index (κ3) is 6.18. The molecule has 0 fully saturated rings. The van der Waals surface area contributed by atoms with E-state index in [0.29, 0.717) is 0 Å². The second-order valence-electron chi connectivity index (χ2n) is 5.91. The smallest absolute Gasteiger partial charge is 0.309 e. The van der Waals surface area contributed by atoms with Gasteiger partial charge >= 0.3 is 6.34 Å². The van der Waals surface area contributed by atoms with Crippen molar-refractivity contribution in [1.29, 1.82) is 0 Å². The van der Waals surface area contributed by atoms with Crippen molar-refractivity contribution in [2.45, 2.75) is 0 Å². The summed E-state index contributed by atoms with van der Waals surface area (Å²) < 4.78 is 2.01. The van der Waals surface area contributed by atoms with Crippen LogP contribution in [0.15, 0.2) is 58.8 Å². The lowest BCUT2D eigenvalue weighted by Gasteiger charge is -2.07. The lowest BCUT2D eigenvalue weighted by Crippen LogP contribution is -2.22. The molecule has 0 aliphatic rings. The van der Waals surface area contributed by atoms with Gasteiger partial charge in [-0.25, -0.2) is 0 Å². The van der Waals surface area contributed by atoms with Gasteiger partial charge in [0, 0.05) is 23.6 Å². The van der Waals surface area contributed by atoms with Gasteiger partial charge < -0.3 is 16.0 Å². The van der Waals surface area contributed by atoms with Gasteiger partial charge in [-0.3, -0.25) is 4.58 Å². The Bertz CT molecular complexity index is 686. The summed E-state index contributed by atoms with van der Waals surface area (Å²) in [7, 11) is 6.09. The first-order valence-electron chi connectivity index (χ1n) is 7.85. The number of nitrogen functional groups attached to an aromatic ring is 1. The molecule has 0 aliphatic heterocycles. The molecule has 0 spiro atoms. The largest absolute Gasteiger partial charge is 0.399 e. The lowest BCUT2D eigenvalue weighted by atomic mass is 10.2. The number of hydrogen-bond acceptors (Lipinski definition) is 4. The minimum atomic E-state index is 0.753. The number of nitrogens with one attached hydrogen (secondary N) is 1. The summed E-state index contributed by atoms with van der Waals surface area (Å²) in [6, 6.07) is 15.4. The quantitative estimate of drug-likeness (QED) is 0.270. The van der Waals surface area contributed by atoms with Crippen molar-refractivity contribution in [2.75, 3.05) is 45.3 Å². The average molecular weight is 325 g/mol. The highest BCUT2D eigenvalue weighted by Gasteiger charge is 1.98. The molecule has 0 saturated carbocycles. The third-order valence-electron chi connectivity index (χ3n) is 3.39. The minimum absolute atomic E-state index is 0.753. The first-order valence-corrected chi connectivity index (χ1v) is 7.85. The van der Waals surface area contributed by atoms with Gasteiger partial charge in [0.05, 0.1) is 18.7 Å². The average Bonchev–Trinajstić information content (AvgIpc) is 2.57. The van der Waals surface area contributed by atoms with E-state index in [0.717, 1.165) is 35.8 Å². The number of hydrogen-bond donors (Lipinski definition) is 2. The van der Waals surface area contributed by atoms with Gasteiger partial charge in [0.1, 0.15) is 5.69 Å². The normalized spacial score (nSPS) is 12.1. The molecule has 0 aliphatic carbocycles. The van der Waals surface area contributed by atoms with Gasteiger partial charge in [0.25, 0.3) is 0 Å². The molecule has 2 rings (SSSR count). The fourth-order valence-corrected chi connectivity index (χ4v) is 1.94. The number of nitrogens with zero attached hydrogens (tertiary/aromatic N) is 4. The summed E-state index contributed by atoms with van der Waals surface area (Å²) in [6.07, 6.45) is 1.74. The van der Waals surface area contributed by atoms with Gasteiger partial charge in [-0.1, -0.05) is 0 Å². The third-order valence-corrected chi connectivity index (χ3v) is 3.39. The molecule has 6 heteroatoms. The van der Waals surface area contributed by atoms with Crippen molar-refractivity contribution in [3.8, 4) is 0 Å². The predicted molar refractivity (Wildman–Crippen MR) is 101 cm³/mol. The van der Waals surface area contributed by atoms with Crippen LogP contribution < -0.4 is 11.1 Å². The summed E-state index contributed by atoms with van der Waals surface area (Å²) >= 11 is 0. The van der Waals surface area contributed by atoms with E-state index in [-0.39, 0.29) is 0 Å². The Morgan fingerprint density at radius 1 is 1.04 bits per heavy atom. The maximum atomic E-state index is 5.68. The van der Waals surface area contributed by atoms with Crippen LogP contribution in [0.25, 0.3) is 0 Å². The Morgan fingerprint density at radius 2 is 1.62 bits per heavy atom. The van der Waals surface area contributed by atoms with E-state index in [1.165, 1.54) is 0 Å². The fourth-order valence-electron chi connectivity index (χ4n) is 1.94. The number of benzene rings is 2.